The van der Waals surface area contributed by atoms with Gasteiger partial charge >= 0.3 is 5.97 Å². The minimum atomic E-state index is -0.642. The summed E-state index contributed by atoms with van der Waals surface area (Å²) in [5.74, 6) is 0.102. The molecule has 1 heterocycles. The van der Waals surface area contributed by atoms with E-state index in [9.17, 15) is 9.59 Å². The number of aromatic nitrogens is 2. The van der Waals surface area contributed by atoms with Crippen LogP contribution in [0.5, 0.6) is 0 Å². The molecule has 0 spiro atoms. The number of halogens is 1. The van der Waals surface area contributed by atoms with Gasteiger partial charge in [0.2, 0.25) is 0 Å². The summed E-state index contributed by atoms with van der Waals surface area (Å²) in [7, 11) is 0. The number of rotatable bonds is 6. The molecule has 1 atom stereocenters. The Bertz CT molecular complexity index is 554. The van der Waals surface area contributed by atoms with Crippen molar-refractivity contribution in [3.05, 3.63) is 21.6 Å². The summed E-state index contributed by atoms with van der Waals surface area (Å²) in [6, 6.07) is -0.642. The smallest absolute Gasteiger partial charge is 0.328 e. The van der Waals surface area contributed by atoms with Crippen molar-refractivity contribution in [2.24, 2.45) is 5.92 Å². The van der Waals surface area contributed by atoms with E-state index in [1.807, 2.05) is 0 Å². The summed E-state index contributed by atoms with van der Waals surface area (Å²) < 4.78 is 6.28. The Morgan fingerprint density at radius 2 is 2.35 bits per heavy atom. The molecule has 7 heteroatoms. The fourth-order valence-corrected chi connectivity index (χ4v) is 2.00. The summed E-state index contributed by atoms with van der Waals surface area (Å²) in [5.41, 5.74) is -0.108. The average Bonchev–Trinajstić information content (AvgIpc) is 3.22. The molecular weight excluding hydrogens is 282 g/mol. The molecule has 0 radical (unpaired) electrons. The largest absolute Gasteiger partial charge is 0.464 e. The predicted octanol–water partition coefficient (Wildman–Crippen LogP) is 1.67. The zero-order valence-electron chi connectivity index (χ0n) is 11.6. The normalized spacial score (nSPS) is 15.8. The summed E-state index contributed by atoms with van der Waals surface area (Å²) in [4.78, 5) is 23.9. The molecule has 0 aromatic carbocycles. The molecule has 1 fully saturated rings. The van der Waals surface area contributed by atoms with Crippen molar-refractivity contribution in [3.8, 4) is 0 Å². The minimum Gasteiger partial charge on any atom is -0.464 e. The van der Waals surface area contributed by atoms with Gasteiger partial charge in [-0.25, -0.2) is 9.48 Å². The Hall–Kier alpha value is -1.56. The number of nitrogens with one attached hydrogen (secondary N) is 1. The Labute approximate surface area is 122 Å². The second kappa shape index (κ2) is 6.26. The molecule has 1 N–H and O–H groups in total. The van der Waals surface area contributed by atoms with Gasteiger partial charge in [0, 0.05) is 6.54 Å². The van der Waals surface area contributed by atoms with Crippen molar-refractivity contribution in [2.75, 3.05) is 11.9 Å². The molecule has 6 nitrogen and oxygen atoms in total. The number of ether oxygens (including phenoxy) is 1. The van der Waals surface area contributed by atoms with E-state index < -0.39 is 12.0 Å². The molecule has 1 saturated carbocycles. The summed E-state index contributed by atoms with van der Waals surface area (Å²) in [6.45, 7) is 4.24. The third-order valence-corrected chi connectivity index (χ3v) is 3.41. The van der Waals surface area contributed by atoms with Crippen LogP contribution in [-0.4, -0.2) is 28.4 Å². The van der Waals surface area contributed by atoms with Gasteiger partial charge in [0.1, 0.15) is 11.7 Å². The van der Waals surface area contributed by atoms with Gasteiger partial charge in [-0.1, -0.05) is 11.6 Å². The van der Waals surface area contributed by atoms with E-state index in [1.165, 1.54) is 10.9 Å². The van der Waals surface area contributed by atoms with Crippen LogP contribution in [0.1, 0.15) is 26.7 Å². The molecule has 20 heavy (non-hydrogen) atoms. The first-order chi connectivity index (χ1) is 9.52. The van der Waals surface area contributed by atoms with Crippen molar-refractivity contribution >= 4 is 23.3 Å². The third kappa shape index (κ3) is 3.50. The van der Waals surface area contributed by atoms with E-state index in [1.54, 1.807) is 13.8 Å². The maximum atomic E-state index is 12.3. The minimum absolute atomic E-state index is 0.197. The first-order valence-corrected chi connectivity index (χ1v) is 7.09. The van der Waals surface area contributed by atoms with Crippen LogP contribution in [0.15, 0.2) is 11.0 Å². The zero-order valence-corrected chi connectivity index (χ0v) is 12.3. The van der Waals surface area contributed by atoms with Crippen molar-refractivity contribution in [1.29, 1.82) is 0 Å². The lowest BCUT2D eigenvalue weighted by molar-refractivity contribution is -0.143. The zero-order chi connectivity index (χ0) is 14.7. The molecule has 0 saturated heterocycles. The lowest BCUT2D eigenvalue weighted by atomic mass is 10.3. The Morgan fingerprint density at radius 3 is 2.95 bits per heavy atom. The van der Waals surface area contributed by atoms with Crippen molar-refractivity contribution in [2.45, 2.75) is 39.3 Å². The van der Waals surface area contributed by atoms with E-state index in [4.69, 9.17) is 16.3 Å². The highest BCUT2D eigenvalue weighted by molar-refractivity contribution is 6.33. The molecular formula is C13H18ClN3O3. The number of nitrogens with zero attached hydrogens (tertiary/aromatic N) is 2. The number of carbonyl (C=O) groups is 1. The van der Waals surface area contributed by atoms with Gasteiger partial charge in [0.15, 0.2) is 0 Å². The van der Waals surface area contributed by atoms with Crippen molar-refractivity contribution in [1.82, 2.24) is 9.78 Å². The first kappa shape index (κ1) is 14.8. The monoisotopic (exact) mass is 299 g/mol. The highest BCUT2D eigenvalue weighted by Crippen LogP contribution is 2.30. The molecule has 1 unspecified atom stereocenters. The van der Waals surface area contributed by atoms with E-state index in [0.717, 1.165) is 12.8 Å². The SMILES string of the molecule is CCOC(=O)C(C)Nc1c(Cl)cnn(CC2CC2)c1=O. The number of hydrogen-bond acceptors (Lipinski definition) is 5. The fraction of sp³-hybridized carbons (Fsp3) is 0.615. The van der Waals surface area contributed by atoms with Crippen molar-refractivity contribution in [3.63, 3.8) is 0 Å². The molecule has 1 aliphatic rings. The van der Waals surface area contributed by atoms with Gasteiger partial charge in [-0.2, -0.15) is 5.10 Å². The van der Waals surface area contributed by atoms with Gasteiger partial charge in [-0.05, 0) is 32.6 Å². The molecule has 110 valence electrons. The van der Waals surface area contributed by atoms with Gasteiger partial charge in [0.25, 0.3) is 5.56 Å². The van der Waals surface area contributed by atoms with Crippen LogP contribution in [0.4, 0.5) is 5.69 Å². The molecule has 2 rings (SSSR count). The fourth-order valence-electron chi connectivity index (χ4n) is 1.82. The van der Waals surface area contributed by atoms with E-state index in [-0.39, 0.29) is 16.3 Å². The van der Waals surface area contributed by atoms with Gasteiger partial charge < -0.3 is 10.1 Å². The molecule has 0 amide bonds. The maximum Gasteiger partial charge on any atom is 0.328 e. The molecule has 0 bridgehead atoms. The van der Waals surface area contributed by atoms with E-state index >= 15 is 0 Å². The topological polar surface area (TPSA) is 73.2 Å². The second-order valence-electron chi connectivity index (χ2n) is 4.92. The quantitative estimate of drug-likeness (QED) is 0.809. The molecule has 1 aromatic heterocycles. The number of hydrogen-bond donors (Lipinski definition) is 1. The lowest BCUT2D eigenvalue weighted by Gasteiger charge is -2.15. The van der Waals surface area contributed by atoms with Crippen LogP contribution in [0.3, 0.4) is 0 Å². The van der Waals surface area contributed by atoms with Gasteiger partial charge in [0.05, 0.1) is 17.8 Å². The van der Waals surface area contributed by atoms with E-state index in [0.29, 0.717) is 19.1 Å². The number of carbonyl (C=O) groups excluding carboxylic acids is 1. The highest BCUT2D eigenvalue weighted by Gasteiger charge is 2.24. The lowest BCUT2D eigenvalue weighted by Crippen LogP contribution is -2.34. The number of anilines is 1. The average molecular weight is 300 g/mol. The second-order valence-corrected chi connectivity index (χ2v) is 5.32. The molecule has 1 aromatic rings. The standard InChI is InChI=1S/C13H18ClN3O3/c1-3-20-13(19)8(2)16-11-10(14)6-15-17(12(11)18)7-9-4-5-9/h6,8-9,16H,3-5,7H2,1-2H3. The third-order valence-electron chi connectivity index (χ3n) is 3.13. The molecule has 1 aliphatic carbocycles. The Morgan fingerprint density at radius 1 is 1.65 bits per heavy atom. The van der Waals surface area contributed by atoms with Crippen LogP contribution >= 0.6 is 11.6 Å². The maximum absolute atomic E-state index is 12.3. The van der Waals surface area contributed by atoms with Crippen LogP contribution in [-0.2, 0) is 16.1 Å². The van der Waals surface area contributed by atoms with Crippen LogP contribution in [0.25, 0.3) is 0 Å². The van der Waals surface area contributed by atoms with Crippen molar-refractivity contribution < 1.29 is 9.53 Å². The Balaban J connectivity index is 2.17. The van der Waals surface area contributed by atoms with Crippen LogP contribution in [0.2, 0.25) is 5.02 Å². The predicted molar refractivity (Wildman–Crippen MR) is 75.9 cm³/mol. The van der Waals surface area contributed by atoms with Crippen LogP contribution in [0, 0.1) is 5.92 Å². The first-order valence-electron chi connectivity index (χ1n) is 6.71. The number of esters is 1. The summed E-state index contributed by atoms with van der Waals surface area (Å²) in [6.07, 6.45) is 3.67. The van der Waals surface area contributed by atoms with Crippen LogP contribution < -0.4 is 10.9 Å². The van der Waals surface area contributed by atoms with Gasteiger partial charge in [-0.15, -0.1) is 0 Å². The van der Waals surface area contributed by atoms with E-state index in [2.05, 4.69) is 10.4 Å². The highest BCUT2D eigenvalue weighted by atomic mass is 35.5. The van der Waals surface area contributed by atoms with Gasteiger partial charge in [-0.3, -0.25) is 4.79 Å². The summed E-state index contributed by atoms with van der Waals surface area (Å²) in [5, 5.41) is 7.05. The summed E-state index contributed by atoms with van der Waals surface area (Å²) >= 11 is 5.99. The molecule has 0 aliphatic heterocycles. The Kier molecular flexibility index (Phi) is 4.65.